The van der Waals surface area contributed by atoms with Gasteiger partial charge < -0.3 is 5.11 Å². The fourth-order valence-electron chi connectivity index (χ4n) is 3.02. The molecular weight excluding hydrogens is 365 g/mol. The van der Waals surface area contributed by atoms with Gasteiger partial charge in [-0.2, -0.15) is 0 Å². The van der Waals surface area contributed by atoms with Crippen LogP contribution in [-0.2, 0) is 10.0 Å². The summed E-state index contributed by atoms with van der Waals surface area (Å²) >= 11 is 5.75. The molecular formula is C18H19ClFNO3S. The van der Waals surface area contributed by atoms with E-state index in [0.29, 0.717) is 41.8 Å². The minimum Gasteiger partial charge on any atom is -0.393 e. The van der Waals surface area contributed by atoms with Crippen LogP contribution in [0.5, 0.6) is 0 Å². The van der Waals surface area contributed by atoms with Gasteiger partial charge in [0.1, 0.15) is 5.82 Å². The van der Waals surface area contributed by atoms with Crippen LogP contribution in [0.25, 0.3) is 11.1 Å². The second-order valence-corrected chi connectivity index (χ2v) is 8.43. The summed E-state index contributed by atoms with van der Waals surface area (Å²) in [5.41, 5.74) is 0.941. The molecule has 0 unspecified atom stereocenters. The number of aliphatic hydroxyl groups excluding tert-OH is 1. The Labute approximate surface area is 151 Å². The minimum absolute atomic E-state index is 0.136. The Hall–Kier alpha value is -1.47. The monoisotopic (exact) mass is 383 g/mol. The van der Waals surface area contributed by atoms with Gasteiger partial charge in [0.2, 0.25) is 10.0 Å². The Morgan fingerprint density at radius 3 is 2.28 bits per heavy atom. The normalized spacial score (nSPS) is 21.2. The van der Waals surface area contributed by atoms with Gasteiger partial charge >= 0.3 is 0 Å². The summed E-state index contributed by atoms with van der Waals surface area (Å²) in [6, 6.07) is 10.3. The van der Waals surface area contributed by atoms with Crippen LogP contribution >= 0.6 is 11.6 Å². The highest BCUT2D eigenvalue weighted by Gasteiger charge is 2.24. The molecule has 4 nitrogen and oxygen atoms in total. The van der Waals surface area contributed by atoms with Gasteiger partial charge in [0, 0.05) is 16.6 Å². The highest BCUT2D eigenvalue weighted by molar-refractivity contribution is 7.89. The number of rotatable bonds is 4. The Balaban J connectivity index is 1.77. The van der Waals surface area contributed by atoms with Crippen LogP contribution in [-0.4, -0.2) is 25.7 Å². The largest absolute Gasteiger partial charge is 0.393 e. The quantitative estimate of drug-likeness (QED) is 0.845. The van der Waals surface area contributed by atoms with E-state index in [1.807, 2.05) is 0 Å². The fourth-order valence-corrected chi connectivity index (χ4v) is 4.48. The summed E-state index contributed by atoms with van der Waals surface area (Å²) < 4.78 is 41.6. The number of halogens is 2. The smallest absolute Gasteiger partial charge is 0.240 e. The van der Waals surface area contributed by atoms with Crippen LogP contribution in [0.3, 0.4) is 0 Å². The molecule has 7 heteroatoms. The average Bonchev–Trinajstić information content (AvgIpc) is 2.57. The number of hydrogen-bond donors (Lipinski definition) is 2. The van der Waals surface area contributed by atoms with Crippen molar-refractivity contribution in [3.05, 3.63) is 53.3 Å². The zero-order valence-corrected chi connectivity index (χ0v) is 15.0. The van der Waals surface area contributed by atoms with E-state index in [-0.39, 0.29) is 17.0 Å². The number of aliphatic hydroxyl groups is 1. The summed E-state index contributed by atoms with van der Waals surface area (Å²) in [5.74, 6) is -0.456. The predicted molar refractivity (Wildman–Crippen MR) is 95.4 cm³/mol. The zero-order valence-electron chi connectivity index (χ0n) is 13.5. The molecule has 2 aromatic rings. The molecule has 1 aliphatic rings. The molecule has 2 aromatic carbocycles. The van der Waals surface area contributed by atoms with Crippen LogP contribution in [0, 0.1) is 5.82 Å². The van der Waals surface area contributed by atoms with Crippen molar-refractivity contribution < 1.29 is 17.9 Å². The number of hydrogen-bond acceptors (Lipinski definition) is 3. The van der Waals surface area contributed by atoms with Crippen molar-refractivity contribution in [2.75, 3.05) is 0 Å². The van der Waals surface area contributed by atoms with E-state index in [4.69, 9.17) is 11.6 Å². The van der Waals surface area contributed by atoms with Gasteiger partial charge in [0.25, 0.3) is 0 Å². The Morgan fingerprint density at radius 1 is 1.04 bits per heavy atom. The van der Waals surface area contributed by atoms with Crippen molar-refractivity contribution in [1.29, 1.82) is 0 Å². The van der Waals surface area contributed by atoms with Crippen LogP contribution < -0.4 is 4.72 Å². The summed E-state index contributed by atoms with van der Waals surface area (Å²) in [4.78, 5) is 0.136. The molecule has 0 atom stereocenters. The van der Waals surface area contributed by atoms with Gasteiger partial charge in [-0.25, -0.2) is 17.5 Å². The van der Waals surface area contributed by atoms with Crippen molar-refractivity contribution >= 4 is 21.6 Å². The first-order valence-electron chi connectivity index (χ1n) is 8.11. The van der Waals surface area contributed by atoms with Crippen LogP contribution in [0.2, 0.25) is 5.02 Å². The molecule has 0 heterocycles. The molecule has 25 heavy (non-hydrogen) atoms. The lowest BCUT2D eigenvalue weighted by molar-refractivity contribution is 0.120. The van der Waals surface area contributed by atoms with Crippen LogP contribution in [0.4, 0.5) is 4.39 Å². The van der Waals surface area contributed by atoms with Crippen molar-refractivity contribution in [3.8, 4) is 11.1 Å². The van der Waals surface area contributed by atoms with E-state index in [1.54, 1.807) is 24.3 Å². The standard InChI is InChI=1S/C18H19ClFNO3S/c19-13-3-10-17(18(20)11-13)12-1-8-16(9-2-12)25(23,24)21-14-4-6-15(22)7-5-14/h1-3,8-11,14-15,21-22H,4-7H2. The first-order valence-corrected chi connectivity index (χ1v) is 9.97. The van der Waals surface area contributed by atoms with Gasteiger partial charge in [-0.05, 0) is 61.6 Å². The third-order valence-electron chi connectivity index (χ3n) is 4.43. The molecule has 0 spiro atoms. The van der Waals surface area contributed by atoms with Gasteiger partial charge in [-0.1, -0.05) is 23.7 Å². The molecule has 1 fully saturated rings. The average molecular weight is 384 g/mol. The lowest BCUT2D eigenvalue weighted by atomic mass is 9.94. The summed E-state index contributed by atoms with van der Waals surface area (Å²) in [7, 11) is -3.64. The third-order valence-corrected chi connectivity index (χ3v) is 6.20. The third kappa shape index (κ3) is 4.39. The molecule has 0 aromatic heterocycles. The van der Waals surface area contributed by atoms with Gasteiger partial charge in [0.15, 0.2) is 0 Å². The molecule has 0 saturated heterocycles. The Kier molecular flexibility index (Phi) is 5.43. The highest BCUT2D eigenvalue weighted by Crippen LogP contribution is 2.27. The van der Waals surface area contributed by atoms with Crippen molar-refractivity contribution in [2.45, 2.75) is 42.7 Å². The van der Waals surface area contributed by atoms with Crippen molar-refractivity contribution in [3.63, 3.8) is 0 Å². The van der Waals surface area contributed by atoms with E-state index in [2.05, 4.69) is 4.72 Å². The minimum atomic E-state index is -3.64. The lowest BCUT2D eigenvalue weighted by Crippen LogP contribution is -2.38. The molecule has 0 radical (unpaired) electrons. The Morgan fingerprint density at radius 2 is 1.68 bits per heavy atom. The van der Waals surface area contributed by atoms with E-state index in [1.165, 1.54) is 18.2 Å². The molecule has 134 valence electrons. The van der Waals surface area contributed by atoms with Gasteiger partial charge in [-0.15, -0.1) is 0 Å². The van der Waals surface area contributed by atoms with Crippen molar-refractivity contribution in [1.82, 2.24) is 4.72 Å². The first kappa shape index (κ1) is 18.3. The van der Waals surface area contributed by atoms with Gasteiger partial charge in [-0.3, -0.25) is 0 Å². The van der Waals surface area contributed by atoms with Crippen LogP contribution in [0.1, 0.15) is 25.7 Å². The van der Waals surface area contributed by atoms with Gasteiger partial charge in [0.05, 0.1) is 11.0 Å². The Bertz CT molecular complexity index is 847. The maximum Gasteiger partial charge on any atom is 0.240 e. The molecule has 1 saturated carbocycles. The molecule has 3 rings (SSSR count). The number of sulfonamides is 1. The maximum atomic E-state index is 14.0. The molecule has 0 bridgehead atoms. The predicted octanol–water partition coefficient (Wildman–Crippen LogP) is 3.73. The SMILES string of the molecule is O=S(=O)(NC1CCC(O)CC1)c1ccc(-c2ccc(Cl)cc2F)cc1. The maximum absolute atomic E-state index is 14.0. The van der Waals surface area contributed by atoms with Crippen LogP contribution in [0.15, 0.2) is 47.4 Å². The molecule has 0 amide bonds. The topological polar surface area (TPSA) is 66.4 Å². The zero-order chi connectivity index (χ0) is 18.0. The van der Waals surface area contributed by atoms with E-state index in [9.17, 15) is 17.9 Å². The summed E-state index contributed by atoms with van der Waals surface area (Å²) in [6.07, 6.45) is 2.10. The van der Waals surface area contributed by atoms with Crippen molar-refractivity contribution in [2.24, 2.45) is 0 Å². The van der Waals surface area contributed by atoms with E-state index < -0.39 is 15.8 Å². The van der Waals surface area contributed by atoms with E-state index >= 15 is 0 Å². The van der Waals surface area contributed by atoms with E-state index in [0.717, 1.165) is 0 Å². The number of nitrogens with one attached hydrogen (secondary N) is 1. The molecule has 0 aliphatic heterocycles. The number of benzene rings is 2. The fraction of sp³-hybridized carbons (Fsp3) is 0.333. The summed E-state index contributed by atoms with van der Waals surface area (Å²) in [5, 5.41) is 9.81. The second-order valence-electron chi connectivity index (χ2n) is 6.28. The second kappa shape index (κ2) is 7.41. The first-order chi connectivity index (χ1) is 11.8. The summed E-state index contributed by atoms with van der Waals surface area (Å²) in [6.45, 7) is 0. The highest BCUT2D eigenvalue weighted by atomic mass is 35.5. The molecule has 2 N–H and O–H groups in total. The lowest BCUT2D eigenvalue weighted by Gasteiger charge is -2.26. The molecule has 1 aliphatic carbocycles.